The van der Waals surface area contributed by atoms with E-state index in [2.05, 4.69) is 24.3 Å². The molecule has 2 saturated carbocycles. The molecule has 0 bridgehead atoms. The second kappa shape index (κ2) is 3.82. The van der Waals surface area contributed by atoms with Crippen molar-refractivity contribution in [2.75, 3.05) is 0 Å². The van der Waals surface area contributed by atoms with E-state index < -0.39 is 0 Å². The largest absolute Gasteiger partial charge is 0.362 e. The van der Waals surface area contributed by atoms with Gasteiger partial charge in [-0.1, -0.05) is 24.3 Å². The van der Waals surface area contributed by atoms with E-state index >= 15 is 0 Å². The minimum absolute atomic E-state index is 0.000278. The molecule has 0 saturated heterocycles. The Morgan fingerprint density at radius 3 is 2.50 bits per heavy atom. The Kier molecular flexibility index (Phi) is 2.33. The summed E-state index contributed by atoms with van der Waals surface area (Å²) in [4.78, 5) is 0. The summed E-state index contributed by atoms with van der Waals surface area (Å²) in [7, 11) is 0. The second-order valence-corrected chi connectivity index (χ2v) is 6.29. The molecule has 1 aromatic carbocycles. The van der Waals surface area contributed by atoms with Crippen LogP contribution in [0, 0.1) is 5.92 Å². The van der Waals surface area contributed by atoms with Gasteiger partial charge < -0.3 is 10.5 Å². The molecule has 1 unspecified atom stereocenters. The van der Waals surface area contributed by atoms with Crippen LogP contribution in [0.3, 0.4) is 0 Å². The Balaban J connectivity index is 1.73. The van der Waals surface area contributed by atoms with Gasteiger partial charge in [0.2, 0.25) is 0 Å². The van der Waals surface area contributed by atoms with Crippen LogP contribution in [-0.4, -0.2) is 6.04 Å². The molecule has 3 aliphatic rings. The van der Waals surface area contributed by atoms with Gasteiger partial charge >= 0.3 is 0 Å². The SMILES string of the molecule is NC1CCC2(CC1)OC(C1CC1)c1ccccc12. The fraction of sp³-hybridized carbons (Fsp3) is 0.625. The Hall–Kier alpha value is -0.860. The summed E-state index contributed by atoms with van der Waals surface area (Å²) in [6.07, 6.45) is 7.47. The predicted octanol–water partition coefficient (Wildman–Crippen LogP) is 3.26. The molecule has 1 spiro atoms. The first kappa shape index (κ1) is 11.0. The molecule has 4 rings (SSSR count). The van der Waals surface area contributed by atoms with Crippen LogP contribution in [-0.2, 0) is 10.3 Å². The average molecular weight is 243 g/mol. The summed E-state index contributed by atoms with van der Waals surface area (Å²) in [6.45, 7) is 0. The van der Waals surface area contributed by atoms with E-state index in [1.54, 1.807) is 0 Å². The van der Waals surface area contributed by atoms with Gasteiger partial charge in [0, 0.05) is 6.04 Å². The number of benzene rings is 1. The summed E-state index contributed by atoms with van der Waals surface area (Å²) in [5.41, 5.74) is 8.99. The van der Waals surface area contributed by atoms with Crippen LogP contribution in [0.15, 0.2) is 24.3 Å². The molecule has 0 radical (unpaired) electrons. The molecule has 2 aliphatic carbocycles. The molecule has 0 aromatic heterocycles. The van der Waals surface area contributed by atoms with E-state index in [1.165, 1.54) is 24.0 Å². The lowest BCUT2D eigenvalue weighted by atomic mass is 9.77. The third-order valence-electron chi connectivity index (χ3n) is 5.00. The third kappa shape index (κ3) is 1.55. The zero-order valence-electron chi connectivity index (χ0n) is 10.8. The summed E-state index contributed by atoms with van der Waals surface area (Å²) in [5.74, 6) is 0.779. The van der Waals surface area contributed by atoms with Crippen LogP contribution < -0.4 is 5.73 Å². The van der Waals surface area contributed by atoms with Crippen LogP contribution in [0.25, 0.3) is 0 Å². The van der Waals surface area contributed by atoms with Gasteiger partial charge in [-0.3, -0.25) is 0 Å². The molecule has 1 atom stereocenters. The van der Waals surface area contributed by atoms with Crippen LogP contribution in [0.1, 0.15) is 55.8 Å². The number of ether oxygens (including phenoxy) is 1. The first-order valence-electron chi connectivity index (χ1n) is 7.31. The van der Waals surface area contributed by atoms with Gasteiger partial charge in [0.1, 0.15) is 0 Å². The number of rotatable bonds is 1. The molecule has 18 heavy (non-hydrogen) atoms. The van der Waals surface area contributed by atoms with Crippen molar-refractivity contribution in [2.45, 2.75) is 56.3 Å². The van der Waals surface area contributed by atoms with E-state index in [0.29, 0.717) is 12.1 Å². The Bertz CT molecular complexity index is 458. The summed E-state index contributed by atoms with van der Waals surface area (Å²) < 4.78 is 6.58. The number of fused-ring (bicyclic) bond motifs is 2. The van der Waals surface area contributed by atoms with Gasteiger partial charge in [-0.25, -0.2) is 0 Å². The van der Waals surface area contributed by atoms with Gasteiger partial charge in [-0.2, -0.15) is 0 Å². The molecule has 2 N–H and O–H groups in total. The highest BCUT2D eigenvalue weighted by atomic mass is 16.5. The topological polar surface area (TPSA) is 35.2 Å². The predicted molar refractivity (Wildman–Crippen MR) is 71.1 cm³/mol. The van der Waals surface area contributed by atoms with Gasteiger partial charge in [0.05, 0.1) is 11.7 Å². The van der Waals surface area contributed by atoms with E-state index in [1.807, 2.05) is 0 Å². The standard InChI is InChI=1S/C16H21NO/c17-12-7-9-16(10-8-12)14-4-2-1-3-13(14)15(18-16)11-5-6-11/h1-4,11-12,15H,5-10,17H2. The maximum absolute atomic E-state index is 6.58. The van der Waals surface area contributed by atoms with Crippen molar-refractivity contribution >= 4 is 0 Å². The van der Waals surface area contributed by atoms with Crippen LogP contribution >= 0.6 is 0 Å². The van der Waals surface area contributed by atoms with Crippen LogP contribution in [0.5, 0.6) is 0 Å². The van der Waals surface area contributed by atoms with Crippen LogP contribution in [0.4, 0.5) is 0 Å². The second-order valence-electron chi connectivity index (χ2n) is 6.29. The van der Waals surface area contributed by atoms with E-state index in [0.717, 1.165) is 31.6 Å². The van der Waals surface area contributed by atoms with E-state index in [4.69, 9.17) is 10.5 Å². The Morgan fingerprint density at radius 2 is 1.78 bits per heavy atom. The van der Waals surface area contributed by atoms with Gasteiger partial charge in [0.15, 0.2) is 0 Å². The average Bonchev–Trinajstić information content (AvgIpc) is 3.19. The van der Waals surface area contributed by atoms with Crippen molar-refractivity contribution in [2.24, 2.45) is 11.7 Å². The monoisotopic (exact) mass is 243 g/mol. The first-order chi connectivity index (χ1) is 8.78. The van der Waals surface area contributed by atoms with Crippen molar-refractivity contribution < 1.29 is 4.74 Å². The van der Waals surface area contributed by atoms with Crippen molar-refractivity contribution in [1.82, 2.24) is 0 Å². The highest BCUT2D eigenvalue weighted by Crippen LogP contribution is 2.57. The zero-order chi connectivity index (χ0) is 12.2. The van der Waals surface area contributed by atoms with Crippen molar-refractivity contribution in [3.8, 4) is 0 Å². The molecular formula is C16H21NO. The minimum atomic E-state index is -0.000278. The molecule has 1 aliphatic heterocycles. The molecule has 1 aromatic rings. The lowest BCUT2D eigenvalue weighted by Crippen LogP contribution is -2.37. The quantitative estimate of drug-likeness (QED) is 0.821. The summed E-state index contributed by atoms with van der Waals surface area (Å²) in [5, 5.41) is 0. The number of hydrogen-bond donors (Lipinski definition) is 1. The van der Waals surface area contributed by atoms with E-state index in [-0.39, 0.29) is 5.60 Å². The van der Waals surface area contributed by atoms with Crippen molar-refractivity contribution in [3.63, 3.8) is 0 Å². The maximum atomic E-state index is 6.58. The van der Waals surface area contributed by atoms with Gasteiger partial charge in [-0.05, 0) is 55.6 Å². The molecule has 1 heterocycles. The Morgan fingerprint density at radius 1 is 1.06 bits per heavy atom. The minimum Gasteiger partial charge on any atom is -0.362 e. The smallest absolute Gasteiger partial charge is 0.0944 e. The van der Waals surface area contributed by atoms with Gasteiger partial charge in [0.25, 0.3) is 0 Å². The lowest BCUT2D eigenvalue weighted by Gasteiger charge is -2.36. The molecular weight excluding hydrogens is 222 g/mol. The van der Waals surface area contributed by atoms with E-state index in [9.17, 15) is 0 Å². The summed E-state index contributed by atoms with van der Waals surface area (Å²) in [6, 6.07) is 9.26. The fourth-order valence-corrected chi connectivity index (χ4v) is 3.77. The fourth-order valence-electron chi connectivity index (χ4n) is 3.77. The molecule has 0 amide bonds. The molecule has 2 nitrogen and oxygen atoms in total. The van der Waals surface area contributed by atoms with Crippen LogP contribution in [0.2, 0.25) is 0 Å². The lowest BCUT2D eigenvalue weighted by molar-refractivity contribution is -0.107. The number of nitrogens with two attached hydrogens (primary N) is 1. The maximum Gasteiger partial charge on any atom is 0.0944 e. The number of hydrogen-bond acceptors (Lipinski definition) is 2. The third-order valence-corrected chi connectivity index (χ3v) is 5.00. The highest BCUT2D eigenvalue weighted by Gasteiger charge is 2.50. The van der Waals surface area contributed by atoms with Crippen molar-refractivity contribution in [3.05, 3.63) is 35.4 Å². The normalized spacial score (nSPS) is 38.9. The Labute approximate surface area is 109 Å². The van der Waals surface area contributed by atoms with Gasteiger partial charge in [-0.15, -0.1) is 0 Å². The molecule has 96 valence electrons. The molecule has 2 fully saturated rings. The highest BCUT2D eigenvalue weighted by molar-refractivity contribution is 5.39. The first-order valence-corrected chi connectivity index (χ1v) is 7.31. The zero-order valence-corrected chi connectivity index (χ0v) is 10.8. The molecule has 2 heteroatoms. The summed E-state index contributed by atoms with van der Waals surface area (Å²) >= 11 is 0. The van der Waals surface area contributed by atoms with Crippen molar-refractivity contribution in [1.29, 1.82) is 0 Å².